The molecule has 0 amide bonds. The van der Waals surface area contributed by atoms with Crippen molar-refractivity contribution in [2.24, 2.45) is 0 Å². The fourth-order valence-electron chi connectivity index (χ4n) is 3.96. The lowest BCUT2D eigenvalue weighted by molar-refractivity contribution is 0.157. The summed E-state index contributed by atoms with van der Waals surface area (Å²) >= 11 is 0. The van der Waals surface area contributed by atoms with Crippen molar-refractivity contribution in [2.45, 2.75) is 25.4 Å². The summed E-state index contributed by atoms with van der Waals surface area (Å²) in [4.78, 5) is 2.36. The fraction of sp³-hybridized carbons (Fsp3) is 0.368. The number of hydrogen-bond donors (Lipinski definition) is 2. The topological polar surface area (TPSA) is 62.2 Å². The van der Waals surface area contributed by atoms with Gasteiger partial charge in [-0.1, -0.05) is 6.07 Å². The molecule has 2 N–H and O–H groups in total. The standard InChI is InChI=1S/C19H21NO4/c1-23-17-4-3-11-7-15-13-9-16(21)18(24-2)8-12(13)5-6-20(15)10-14(11)19(17)22/h3-4,8-9,15,21-22H,5-7,10H2,1-2H3/t15-/m1/s1. The minimum Gasteiger partial charge on any atom is -0.504 e. The number of phenolic OH excluding ortho intramolecular Hbond substituents is 2. The first kappa shape index (κ1) is 15.1. The summed E-state index contributed by atoms with van der Waals surface area (Å²) in [7, 11) is 3.14. The van der Waals surface area contributed by atoms with Crippen LogP contribution in [0.5, 0.6) is 23.0 Å². The molecule has 0 unspecified atom stereocenters. The number of nitrogens with zero attached hydrogens (tertiary/aromatic N) is 1. The minimum absolute atomic E-state index is 0.182. The molecule has 0 fully saturated rings. The van der Waals surface area contributed by atoms with Gasteiger partial charge in [-0.05, 0) is 47.7 Å². The Kier molecular flexibility index (Phi) is 3.53. The van der Waals surface area contributed by atoms with Gasteiger partial charge >= 0.3 is 0 Å². The van der Waals surface area contributed by atoms with E-state index in [0.717, 1.165) is 36.1 Å². The maximum absolute atomic E-state index is 10.4. The highest BCUT2D eigenvalue weighted by Crippen LogP contribution is 2.45. The third-order valence-corrected chi connectivity index (χ3v) is 5.25. The highest BCUT2D eigenvalue weighted by molar-refractivity contribution is 5.53. The molecule has 2 aliphatic heterocycles. The first-order valence-corrected chi connectivity index (χ1v) is 8.14. The Labute approximate surface area is 141 Å². The van der Waals surface area contributed by atoms with Crippen LogP contribution in [0, 0.1) is 0 Å². The van der Waals surface area contributed by atoms with Gasteiger partial charge in [-0.3, -0.25) is 4.90 Å². The number of aromatic hydroxyl groups is 2. The Bertz CT molecular complexity index is 802. The Morgan fingerprint density at radius 3 is 2.58 bits per heavy atom. The van der Waals surface area contributed by atoms with Gasteiger partial charge < -0.3 is 19.7 Å². The molecule has 0 radical (unpaired) electrons. The zero-order valence-electron chi connectivity index (χ0n) is 13.9. The van der Waals surface area contributed by atoms with Crippen LogP contribution in [0.15, 0.2) is 24.3 Å². The quantitative estimate of drug-likeness (QED) is 0.888. The summed E-state index contributed by atoms with van der Waals surface area (Å²) in [5.74, 6) is 1.48. The van der Waals surface area contributed by atoms with Crippen molar-refractivity contribution >= 4 is 0 Å². The Morgan fingerprint density at radius 2 is 1.83 bits per heavy atom. The van der Waals surface area contributed by atoms with Crippen LogP contribution in [0.2, 0.25) is 0 Å². The van der Waals surface area contributed by atoms with Crippen LogP contribution in [-0.4, -0.2) is 35.9 Å². The summed E-state index contributed by atoms with van der Waals surface area (Å²) < 4.78 is 10.5. The van der Waals surface area contributed by atoms with Crippen molar-refractivity contribution in [1.82, 2.24) is 4.90 Å². The molecule has 0 bridgehead atoms. The fourth-order valence-corrected chi connectivity index (χ4v) is 3.96. The van der Waals surface area contributed by atoms with E-state index in [1.165, 1.54) is 5.56 Å². The molecule has 0 spiro atoms. The molecule has 5 heteroatoms. The second-order valence-electron chi connectivity index (χ2n) is 6.42. The van der Waals surface area contributed by atoms with Gasteiger partial charge in [0.15, 0.2) is 23.0 Å². The number of hydrogen-bond acceptors (Lipinski definition) is 5. The van der Waals surface area contributed by atoms with E-state index in [1.54, 1.807) is 14.2 Å². The first-order chi connectivity index (χ1) is 11.6. The molecule has 24 heavy (non-hydrogen) atoms. The van der Waals surface area contributed by atoms with Gasteiger partial charge in [-0.2, -0.15) is 0 Å². The molecule has 2 aliphatic rings. The third-order valence-electron chi connectivity index (χ3n) is 5.25. The van der Waals surface area contributed by atoms with E-state index < -0.39 is 0 Å². The molecule has 2 aromatic carbocycles. The summed E-state index contributed by atoms with van der Waals surface area (Å²) in [6.45, 7) is 1.61. The maximum atomic E-state index is 10.4. The van der Waals surface area contributed by atoms with Crippen LogP contribution < -0.4 is 9.47 Å². The van der Waals surface area contributed by atoms with E-state index in [1.807, 2.05) is 24.3 Å². The van der Waals surface area contributed by atoms with E-state index in [0.29, 0.717) is 18.0 Å². The normalized spacial score (nSPS) is 19.2. The molecule has 2 aromatic rings. The average molecular weight is 327 g/mol. The molecule has 0 aromatic heterocycles. The highest BCUT2D eigenvalue weighted by atomic mass is 16.5. The van der Waals surface area contributed by atoms with Gasteiger partial charge in [-0.15, -0.1) is 0 Å². The number of fused-ring (bicyclic) bond motifs is 4. The predicted octanol–water partition coefficient (Wildman–Crippen LogP) is 2.77. The van der Waals surface area contributed by atoms with Crippen LogP contribution in [0.1, 0.15) is 28.3 Å². The van der Waals surface area contributed by atoms with Crippen molar-refractivity contribution in [3.8, 4) is 23.0 Å². The molecule has 0 saturated carbocycles. The van der Waals surface area contributed by atoms with E-state index >= 15 is 0 Å². The second-order valence-corrected chi connectivity index (χ2v) is 6.42. The zero-order valence-corrected chi connectivity index (χ0v) is 13.9. The van der Waals surface area contributed by atoms with Crippen molar-refractivity contribution in [1.29, 1.82) is 0 Å². The Morgan fingerprint density at radius 1 is 1.04 bits per heavy atom. The predicted molar refractivity (Wildman–Crippen MR) is 89.9 cm³/mol. The minimum atomic E-state index is 0.182. The van der Waals surface area contributed by atoms with Gasteiger partial charge in [0.25, 0.3) is 0 Å². The molecule has 0 saturated heterocycles. The second kappa shape index (κ2) is 5.60. The summed E-state index contributed by atoms with van der Waals surface area (Å²) in [5.41, 5.74) is 4.47. The van der Waals surface area contributed by atoms with Crippen molar-refractivity contribution in [2.75, 3.05) is 20.8 Å². The lowest BCUT2D eigenvalue weighted by atomic mass is 9.83. The maximum Gasteiger partial charge on any atom is 0.162 e. The van der Waals surface area contributed by atoms with Gasteiger partial charge in [-0.25, -0.2) is 0 Å². The van der Waals surface area contributed by atoms with Gasteiger partial charge in [0.1, 0.15) is 0 Å². The molecular weight excluding hydrogens is 306 g/mol. The lowest BCUT2D eigenvalue weighted by Crippen LogP contribution is -2.39. The molecule has 5 nitrogen and oxygen atoms in total. The monoisotopic (exact) mass is 327 g/mol. The molecule has 4 rings (SSSR count). The molecule has 0 aliphatic carbocycles. The number of methoxy groups -OCH3 is 2. The Balaban J connectivity index is 1.76. The Hall–Kier alpha value is -2.40. The molecule has 1 atom stereocenters. The van der Waals surface area contributed by atoms with Crippen LogP contribution in [0.3, 0.4) is 0 Å². The summed E-state index contributed by atoms with van der Waals surface area (Å²) in [6, 6.07) is 7.84. The smallest absolute Gasteiger partial charge is 0.162 e. The van der Waals surface area contributed by atoms with Crippen molar-refractivity contribution in [3.63, 3.8) is 0 Å². The van der Waals surface area contributed by atoms with Crippen molar-refractivity contribution < 1.29 is 19.7 Å². The molecule has 2 heterocycles. The van der Waals surface area contributed by atoms with Crippen LogP contribution in [0.25, 0.3) is 0 Å². The van der Waals surface area contributed by atoms with Crippen LogP contribution >= 0.6 is 0 Å². The summed E-state index contributed by atoms with van der Waals surface area (Å²) in [6.07, 6.45) is 1.72. The number of rotatable bonds is 2. The highest BCUT2D eigenvalue weighted by Gasteiger charge is 2.34. The number of benzene rings is 2. The van der Waals surface area contributed by atoms with Crippen LogP contribution in [0.4, 0.5) is 0 Å². The van der Waals surface area contributed by atoms with E-state index in [2.05, 4.69) is 4.90 Å². The van der Waals surface area contributed by atoms with E-state index in [-0.39, 0.29) is 17.5 Å². The summed E-state index contributed by atoms with van der Waals surface area (Å²) in [5, 5.41) is 20.6. The average Bonchev–Trinajstić information content (AvgIpc) is 2.60. The van der Waals surface area contributed by atoms with E-state index in [9.17, 15) is 10.2 Å². The zero-order chi connectivity index (χ0) is 16.8. The molecular formula is C19H21NO4. The molecule has 126 valence electrons. The third kappa shape index (κ3) is 2.19. The van der Waals surface area contributed by atoms with Gasteiger partial charge in [0.05, 0.1) is 14.2 Å². The number of ether oxygens (including phenoxy) is 2. The largest absolute Gasteiger partial charge is 0.504 e. The number of phenols is 2. The lowest BCUT2D eigenvalue weighted by Gasteiger charge is -2.41. The van der Waals surface area contributed by atoms with Crippen LogP contribution in [-0.2, 0) is 19.4 Å². The van der Waals surface area contributed by atoms with E-state index in [4.69, 9.17) is 9.47 Å². The first-order valence-electron chi connectivity index (χ1n) is 8.14. The van der Waals surface area contributed by atoms with Gasteiger partial charge in [0, 0.05) is 24.7 Å². The van der Waals surface area contributed by atoms with Gasteiger partial charge in [0.2, 0.25) is 0 Å². The van der Waals surface area contributed by atoms with Crippen molar-refractivity contribution in [3.05, 3.63) is 46.5 Å². The SMILES string of the molecule is COc1cc2c(cc1O)[C@H]1Cc3ccc(OC)c(O)c3CN1CC2.